The monoisotopic (exact) mass is 448 g/mol. The molecule has 3 rings (SSSR count). The number of nitrogens with one attached hydrogen (secondary N) is 1. The average molecular weight is 449 g/mol. The summed E-state index contributed by atoms with van der Waals surface area (Å²) in [5, 5.41) is 8.10. The second-order valence-electron chi connectivity index (χ2n) is 9.07. The van der Waals surface area contributed by atoms with Crippen molar-refractivity contribution in [2.75, 3.05) is 40.3 Å². The van der Waals surface area contributed by atoms with Crippen molar-refractivity contribution in [1.29, 1.82) is 0 Å². The molecule has 2 aromatic heterocycles. The summed E-state index contributed by atoms with van der Waals surface area (Å²) in [7, 11) is 4.09. The number of hydrogen-bond donors (Lipinski definition) is 1. The van der Waals surface area contributed by atoms with Crippen LogP contribution in [-0.2, 0) is 16.0 Å². The van der Waals surface area contributed by atoms with Gasteiger partial charge in [-0.15, -0.1) is 22.7 Å². The number of carbonyl (C=O) groups excluding carboxylic acids is 2. The van der Waals surface area contributed by atoms with Gasteiger partial charge < -0.3 is 15.1 Å². The van der Waals surface area contributed by atoms with Crippen LogP contribution in [-0.4, -0.2) is 66.9 Å². The van der Waals surface area contributed by atoms with Gasteiger partial charge in [0.25, 0.3) is 0 Å². The summed E-state index contributed by atoms with van der Waals surface area (Å²) in [5.74, 6) is 0.215. The predicted molar refractivity (Wildman–Crippen MR) is 124 cm³/mol. The third-order valence-electron chi connectivity index (χ3n) is 5.32. The molecule has 164 valence electrons. The Hall–Kier alpha value is -1.77. The third kappa shape index (κ3) is 6.36. The fraction of sp³-hybridized carbons (Fsp3) is 0.591. The van der Waals surface area contributed by atoms with Crippen LogP contribution in [0.3, 0.4) is 0 Å². The minimum atomic E-state index is -0.00564. The number of thiazole rings is 1. The highest BCUT2D eigenvalue weighted by molar-refractivity contribution is 7.20. The van der Waals surface area contributed by atoms with E-state index in [-0.39, 0.29) is 23.1 Å². The Morgan fingerprint density at radius 2 is 2.00 bits per heavy atom. The number of hydrogen-bond acceptors (Lipinski definition) is 6. The van der Waals surface area contributed by atoms with E-state index in [4.69, 9.17) is 0 Å². The van der Waals surface area contributed by atoms with Gasteiger partial charge in [-0.25, -0.2) is 4.98 Å². The van der Waals surface area contributed by atoms with Gasteiger partial charge in [0.1, 0.15) is 5.01 Å². The molecule has 30 heavy (non-hydrogen) atoms. The highest BCUT2D eigenvalue weighted by Crippen LogP contribution is 2.28. The fourth-order valence-electron chi connectivity index (χ4n) is 3.94. The summed E-state index contributed by atoms with van der Waals surface area (Å²) in [4.78, 5) is 35.0. The molecule has 6 nitrogen and oxygen atoms in total. The van der Waals surface area contributed by atoms with Gasteiger partial charge in [-0.3, -0.25) is 9.59 Å². The van der Waals surface area contributed by atoms with Gasteiger partial charge in [0.05, 0.1) is 17.0 Å². The second kappa shape index (κ2) is 10.0. The average Bonchev–Trinajstić information content (AvgIpc) is 3.37. The zero-order chi connectivity index (χ0) is 21.7. The number of thiophene rings is 1. The Bertz CT molecular complexity index is 837. The molecule has 2 aromatic rings. The zero-order valence-corrected chi connectivity index (χ0v) is 19.9. The Morgan fingerprint density at radius 1 is 1.27 bits per heavy atom. The molecule has 0 bridgehead atoms. The van der Waals surface area contributed by atoms with E-state index in [1.165, 1.54) is 0 Å². The molecule has 1 aliphatic rings. The summed E-state index contributed by atoms with van der Waals surface area (Å²) in [6, 6.07) is 4.06. The lowest BCUT2D eigenvalue weighted by molar-refractivity contribution is -0.135. The number of nitrogens with zero attached hydrogens (tertiary/aromatic N) is 3. The van der Waals surface area contributed by atoms with E-state index in [0.29, 0.717) is 26.1 Å². The van der Waals surface area contributed by atoms with Gasteiger partial charge in [0.2, 0.25) is 11.8 Å². The number of likely N-dealkylation sites (tertiary alicyclic amines) is 1. The van der Waals surface area contributed by atoms with Crippen LogP contribution in [0.25, 0.3) is 9.88 Å². The molecule has 0 spiro atoms. The van der Waals surface area contributed by atoms with Crippen LogP contribution in [0, 0.1) is 11.3 Å². The number of piperidine rings is 1. The molecule has 0 radical (unpaired) electrons. The van der Waals surface area contributed by atoms with Crippen LogP contribution in [0.4, 0.5) is 0 Å². The summed E-state index contributed by atoms with van der Waals surface area (Å²) in [6.45, 7) is 7.19. The van der Waals surface area contributed by atoms with Crippen molar-refractivity contribution >= 4 is 34.5 Å². The second-order valence-corrected chi connectivity index (χ2v) is 10.9. The lowest BCUT2D eigenvalue weighted by atomic mass is 9.91. The van der Waals surface area contributed by atoms with E-state index in [2.05, 4.69) is 29.0 Å². The van der Waals surface area contributed by atoms with E-state index < -0.39 is 0 Å². The molecule has 0 aliphatic carbocycles. The maximum Gasteiger partial charge on any atom is 0.228 e. The molecular weight excluding hydrogens is 416 g/mol. The van der Waals surface area contributed by atoms with E-state index in [0.717, 1.165) is 35.0 Å². The molecule has 3 heterocycles. The Morgan fingerprint density at radius 3 is 2.63 bits per heavy atom. The Kier molecular flexibility index (Phi) is 7.65. The van der Waals surface area contributed by atoms with Crippen molar-refractivity contribution in [3.05, 3.63) is 28.6 Å². The first kappa shape index (κ1) is 22.9. The highest BCUT2D eigenvalue weighted by atomic mass is 32.1. The minimum Gasteiger partial charge on any atom is -0.355 e. The van der Waals surface area contributed by atoms with Crippen LogP contribution in [0.5, 0.6) is 0 Å². The molecule has 0 unspecified atom stereocenters. The standard InChI is InChI=1S/C22H32N4O2S2/c1-22(2,15-25(3)4)14-23-20(28)16-7-9-26(10-8-16)19(27)12-17-13-30-21(24-17)18-6-5-11-29-18/h5-6,11,13,16H,7-10,12,14-15H2,1-4H3,(H,23,28). The van der Waals surface area contributed by atoms with Crippen LogP contribution < -0.4 is 5.32 Å². The van der Waals surface area contributed by atoms with E-state index >= 15 is 0 Å². The van der Waals surface area contributed by atoms with Crippen LogP contribution >= 0.6 is 22.7 Å². The van der Waals surface area contributed by atoms with E-state index in [1.54, 1.807) is 22.7 Å². The van der Waals surface area contributed by atoms with Crippen LogP contribution in [0.1, 0.15) is 32.4 Å². The van der Waals surface area contributed by atoms with Gasteiger partial charge in [-0.1, -0.05) is 19.9 Å². The minimum absolute atomic E-state index is 0.00564. The van der Waals surface area contributed by atoms with Crippen molar-refractivity contribution < 1.29 is 9.59 Å². The van der Waals surface area contributed by atoms with Crippen molar-refractivity contribution in [2.45, 2.75) is 33.1 Å². The lowest BCUT2D eigenvalue weighted by Crippen LogP contribution is -2.46. The van der Waals surface area contributed by atoms with Crippen molar-refractivity contribution in [1.82, 2.24) is 20.1 Å². The first-order valence-electron chi connectivity index (χ1n) is 10.4. The Balaban J connectivity index is 1.43. The van der Waals surface area contributed by atoms with E-state index in [1.807, 2.05) is 41.9 Å². The van der Waals surface area contributed by atoms with Gasteiger partial charge in [-0.05, 0) is 43.8 Å². The van der Waals surface area contributed by atoms with Crippen molar-refractivity contribution in [2.24, 2.45) is 11.3 Å². The molecule has 0 atom stereocenters. The number of amides is 2. The smallest absolute Gasteiger partial charge is 0.228 e. The largest absolute Gasteiger partial charge is 0.355 e. The Labute approximate surface area is 187 Å². The summed E-state index contributed by atoms with van der Waals surface area (Å²) in [5.41, 5.74) is 0.863. The molecule has 1 saturated heterocycles. The molecule has 0 saturated carbocycles. The first-order chi connectivity index (χ1) is 14.2. The SMILES string of the molecule is CN(C)CC(C)(C)CNC(=O)C1CCN(C(=O)Cc2csc(-c3cccs3)n2)CC1. The number of aromatic nitrogens is 1. The molecule has 1 fully saturated rings. The molecular formula is C22H32N4O2S2. The molecule has 2 amide bonds. The molecule has 1 N–H and O–H groups in total. The van der Waals surface area contributed by atoms with Crippen LogP contribution in [0.15, 0.2) is 22.9 Å². The lowest BCUT2D eigenvalue weighted by Gasteiger charge is -2.33. The molecule has 0 aromatic carbocycles. The van der Waals surface area contributed by atoms with Gasteiger partial charge in [-0.2, -0.15) is 0 Å². The van der Waals surface area contributed by atoms with Crippen LogP contribution in [0.2, 0.25) is 0 Å². The van der Waals surface area contributed by atoms with Gasteiger partial charge in [0, 0.05) is 37.5 Å². The summed E-state index contributed by atoms with van der Waals surface area (Å²) >= 11 is 3.24. The highest BCUT2D eigenvalue weighted by Gasteiger charge is 2.29. The third-order valence-corrected chi connectivity index (χ3v) is 7.25. The quantitative estimate of drug-likeness (QED) is 0.673. The maximum absolute atomic E-state index is 12.7. The van der Waals surface area contributed by atoms with E-state index in [9.17, 15) is 9.59 Å². The fourth-order valence-corrected chi connectivity index (χ4v) is 5.58. The first-order valence-corrected chi connectivity index (χ1v) is 12.2. The normalized spacial score (nSPS) is 15.6. The summed E-state index contributed by atoms with van der Waals surface area (Å²) in [6.07, 6.45) is 1.78. The maximum atomic E-state index is 12.7. The predicted octanol–water partition coefficient (Wildman–Crippen LogP) is 3.36. The van der Waals surface area contributed by atoms with Crippen molar-refractivity contribution in [3.63, 3.8) is 0 Å². The molecule has 1 aliphatic heterocycles. The number of rotatable bonds is 8. The molecule has 8 heteroatoms. The van der Waals surface area contributed by atoms with Gasteiger partial charge >= 0.3 is 0 Å². The van der Waals surface area contributed by atoms with Crippen molar-refractivity contribution in [3.8, 4) is 9.88 Å². The summed E-state index contributed by atoms with van der Waals surface area (Å²) < 4.78 is 0. The van der Waals surface area contributed by atoms with Gasteiger partial charge in [0.15, 0.2) is 0 Å². The topological polar surface area (TPSA) is 65.5 Å². The zero-order valence-electron chi connectivity index (χ0n) is 18.3. The number of carbonyl (C=O) groups is 2.